The van der Waals surface area contributed by atoms with Gasteiger partial charge in [-0.05, 0) is 50.2 Å². The fourth-order valence-corrected chi connectivity index (χ4v) is 4.89. The Morgan fingerprint density at radius 3 is 2.55 bits per heavy atom. The van der Waals surface area contributed by atoms with Gasteiger partial charge in [-0.25, -0.2) is 0 Å². The summed E-state index contributed by atoms with van der Waals surface area (Å²) in [5.41, 5.74) is -0.0782. The zero-order valence-electron chi connectivity index (χ0n) is 18.0. The van der Waals surface area contributed by atoms with Gasteiger partial charge in [-0.1, -0.05) is 36.2 Å². The van der Waals surface area contributed by atoms with E-state index in [4.69, 9.17) is 19.0 Å². The van der Waals surface area contributed by atoms with Crippen LogP contribution in [-0.2, 0) is 14.9 Å². The van der Waals surface area contributed by atoms with Crippen molar-refractivity contribution in [3.63, 3.8) is 0 Å². The Morgan fingerprint density at radius 1 is 1.10 bits per heavy atom. The number of para-hydroxylation sites is 1. The van der Waals surface area contributed by atoms with Crippen molar-refractivity contribution in [3.8, 4) is 5.75 Å². The number of aromatic nitrogens is 2. The van der Waals surface area contributed by atoms with E-state index in [0.717, 1.165) is 68.7 Å². The molecule has 166 valence electrons. The summed E-state index contributed by atoms with van der Waals surface area (Å²) in [7, 11) is 0. The van der Waals surface area contributed by atoms with Gasteiger partial charge in [-0.15, -0.1) is 0 Å². The summed E-state index contributed by atoms with van der Waals surface area (Å²) in [6, 6.07) is 9.50. The number of hydrogen-bond donors (Lipinski definition) is 0. The minimum atomic E-state index is -0.0782. The van der Waals surface area contributed by atoms with E-state index >= 15 is 0 Å². The Kier molecular flexibility index (Phi) is 5.94. The largest absolute Gasteiger partial charge is 0.484 e. The molecule has 0 N–H and O–H groups in total. The molecule has 2 aromatic rings. The second kappa shape index (κ2) is 8.99. The van der Waals surface area contributed by atoms with E-state index in [1.165, 1.54) is 12.8 Å². The molecule has 7 heteroatoms. The molecule has 31 heavy (non-hydrogen) atoms. The van der Waals surface area contributed by atoms with Crippen LogP contribution in [0.15, 0.2) is 34.9 Å². The van der Waals surface area contributed by atoms with Crippen LogP contribution in [-0.4, -0.2) is 53.9 Å². The first-order valence-corrected chi connectivity index (χ1v) is 11.6. The predicted octanol–water partition coefficient (Wildman–Crippen LogP) is 3.70. The molecule has 0 atom stereocenters. The highest BCUT2D eigenvalue weighted by Gasteiger charge is 2.45. The number of likely N-dealkylation sites (tertiary alicyclic amines) is 1. The standard InChI is InChI=1S/C24H31N3O4/c28-21(17-30-20-4-2-1-3-5-20)27-12-10-24(11-13-27,16-18-6-7-18)23-25-22(31-26-23)19-8-14-29-15-9-19/h1-5,18-19H,6-17H2. The summed E-state index contributed by atoms with van der Waals surface area (Å²) in [4.78, 5) is 19.5. The van der Waals surface area contributed by atoms with E-state index in [9.17, 15) is 4.79 Å². The van der Waals surface area contributed by atoms with Gasteiger partial charge in [-0.3, -0.25) is 4.79 Å². The Morgan fingerprint density at radius 2 is 1.84 bits per heavy atom. The Bertz CT molecular complexity index is 866. The molecule has 0 spiro atoms. The summed E-state index contributed by atoms with van der Waals surface area (Å²) in [5.74, 6) is 3.46. The predicted molar refractivity (Wildman–Crippen MR) is 114 cm³/mol. The number of nitrogens with zero attached hydrogens (tertiary/aromatic N) is 3. The van der Waals surface area contributed by atoms with Crippen molar-refractivity contribution in [3.05, 3.63) is 42.0 Å². The summed E-state index contributed by atoms with van der Waals surface area (Å²) < 4.78 is 16.9. The number of ether oxygens (including phenoxy) is 2. The number of piperidine rings is 1. The number of carbonyl (C=O) groups excluding carboxylic acids is 1. The van der Waals surface area contributed by atoms with Gasteiger partial charge in [0.05, 0.1) is 0 Å². The molecule has 5 rings (SSSR count). The molecule has 0 bridgehead atoms. The quantitative estimate of drug-likeness (QED) is 0.673. The van der Waals surface area contributed by atoms with Crippen LogP contribution in [0.4, 0.5) is 0 Å². The van der Waals surface area contributed by atoms with Gasteiger partial charge in [0.2, 0.25) is 5.89 Å². The topological polar surface area (TPSA) is 77.7 Å². The molecule has 3 aliphatic rings. The molecule has 2 saturated heterocycles. The van der Waals surface area contributed by atoms with Crippen molar-refractivity contribution in [1.82, 2.24) is 15.0 Å². The normalized spacial score (nSPS) is 21.7. The van der Waals surface area contributed by atoms with Crippen molar-refractivity contribution < 1.29 is 18.8 Å². The maximum absolute atomic E-state index is 12.7. The van der Waals surface area contributed by atoms with E-state index in [2.05, 4.69) is 5.16 Å². The zero-order chi connectivity index (χ0) is 21.1. The average Bonchev–Trinajstić information content (AvgIpc) is 3.49. The summed E-state index contributed by atoms with van der Waals surface area (Å²) in [5, 5.41) is 4.46. The van der Waals surface area contributed by atoms with Crippen LogP contribution in [0.25, 0.3) is 0 Å². The third-order valence-electron chi connectivity index (χ3n) is 7.04. The highest BCUT2D eigenvalue weighted by atomic mass is 16.5. The fraction of sp³-hybridized carbons (Fsp3) is 0.625. The SMILES string of the molecule is O=C(COc1ccccc1)N1CCC(CC2CC2)(c2noc(C3CCOCC3)n2)CC1. The van der Waals surface area contributed by atoms with Gasteiger partial charge in [-0.2, -0.15) is 4.98 Å². The molecule has 7 nitrogen and oxygen atoms in total. The summed E-state index contributed by atoms with van der Waals surface area (Å²) >= 11 is 0. The van der Waals surface area contributed by atoms with Crippen molar-refractivity contribution in [2.45, 2.75) is 56.3 Å². The van der Waals surface area contributed by atoms with Crippen molar-refractivity contribution in [1.29, 1.82) is 0 Å². The molecular weight excluding hydrogens is 394 g/mol. The molecule has 1 aliphatic carbocycles. The lowest BCUT2D eigenvalue weighted by Gasteiger charge is -2.40. The molecule has 2 aliphatic heterocycles. The third-order valence-corrected chi connectivity index (χ3v) is 7.04. The minimum Gasteiger partial charge on any atom is -0.484 e. The van der Waals surface area contributed by atoms with E-state index in [1.807, 2.05) is 35.2 Å². The van der Waals surface area contributed by atoms with Crippen LogP contribution in [0, 0.1) is 5.92 Å². The number of carbonyl (C=O) groups is 1. The maximum Gasteiger partial charge on any atom is 0.260 e. The van der Waals surface area contributed by atoms with Crippen molar-refractivity contribution >= 4 is 5.91 Å². The summed E-state index contributed by atoms with van der Waals surface area (Å²) in [6.07, 6.45) is 7.34. The lowest BCUT2D eigenvalue weighted by Crippen LogP contribution is -2.47. The summed E-state index contributed by atoms with van der Waals surface area (Å²) in [6.45, 7) is 3.03. The molecule has 3 fully saturated rings. The van der Waals surface area contributed by atoms with Crippen LogP contribution < -0.4 is 4.74 Å². The van der Waals surface area contributed by atoms with Crippen molar-refractivity contribution in [2.75, 3.05) is 32.9 Å². The molecule has 1 aromatic heterocycles. The molecular formula is C24H31N3O4. The van der Waals surface area contributed by atoms with Crippen molar-refractivity contribution in [2.24, 2.45) is 5.92 Å². The number of hydrogen-bond acceptors (Lipinski definition) is 6. The molecule has 0 unspecified atom stereocenters. The zero-order valence-corrected chi connectivity index (χ0v) is 18.0. The Labute approximate surface area is 183 Å². The van der Waals surface area contributed by atoms with Gasteiger partial charge in [0.25, 0.3) is 5.91 Å². The van der Waals surface area contributed by atoms with Gasteiger partial charge in [0, 0.05) is 37.6 Å². The second-order valence-corrected chi connectivity index (χ2v) is 9.25. The molecule has 1 saturated carbocycles. The first-order chi connectivity index (χ1) is 15.2. The molecule has 1 amide bonds. The first kappa shape index (κ1) is 20.5. The number of amides is 1. The smallest absolute Gasteiger partial charge is 0.260 e. The van der Waals surface area contributed by atoms with Crippen LogP contribution in [0.5, 0.6) is 5.75 Å². The molecule has 1 aromatic carbocycles. The van der Waals surface area contributed by atoms with Gasteiger partial charge >= 0.3 is 0 Å². The van der Waals surface area contributed by atoms with Crippen LogP contribution in [0.2, 0.25) is 0 Å². The highest BCUT2D eigenvalue weighted by Crippen LogP contribution is 2.46. The Balaban J connectivity index is 1.23. The average molecular weight is 426 g/mol. The third kappa shape index (κ3) is 4.76. The van der Waals surface area contributed by atoms with Gasteiger partial charge in [0.15, 0.2) is 12.4 Å². The fourth-order valence-electron chi connectivity index (χ4n) is 4.89. The van der Waals surface area contributed by atoms with Gasteiger partial charge < -0.3 is 18.9 Å². The number of rotatable bonds is 7. The van der Waals surface area contributed by atoms with Crippen LogP contribution in [0.1, 0.15) is 62.6 Å². The molecule has 0 radical (unpaired) electrons. The van der Waals surface area contributed by atoms with E-state index < -0.39 is 0 Å². The molecule has 3 heterocycles. The van der Waals surface area contributed by atoms with Crippen LogP contribution in [0.3, 0.4) is 0 Å². The lowest BCUT2D eigenvalue weighted by molar-refractivity contribution is -0.135. The Hall–Kier alpha value is -2.41. The van der Waals surface area contributed by atoms with Crippen LogP contribution >= 0.6 is 0 Å². The lowest BCUT2D eigenvalue weighted by atomic mass is 9.73. The highest BCUT2D eigenvalue weighted by molar-refractivity contribution is 5.77. The van der Waals surface area contributed by atoms with E-state index in [0.29, 0.717) is 19.0 Å². The first-order valence-electron chi connectivity index (χ1n) is 11.6. The second-order valence-electron chi connectivity index (χ2n) is 9.25. The minimum absolute atomic E-state index is 0.0416. The van der Waals surface area contributed by atoms with E-state index in [-0.39, 0.29) is 17.9 Å². The maximum atomic E-state index is 12.7. The monoisotopic (exact) mass is 425 g/mol. The number of benzene rings is 1. The van der Waals surface area contributed by atoms with E-state index in [1.54, 1.807) is 0 Å². The van der Waals surface area contributed by atoms with Gasteiger partial charge in [0.1, 0.15) is 5.75 Å².